The van der Waals surface area contributed by atoms with Gasteiger partial charge in [0.25, 0.3) is 0 Å². The molecule has 0 radical (unpaired) electrons. The van der Waals surface area contributed by atoms with Crippen LogP contribution < -0.4 is 5.32 Å². The van der Waals surface area contributed by atoms with Gasteiger partial charge in [-0.1, -0.05) is 12.1 Å². The molecule has 2 rings (SSSR count). The number of ether oxygens (including phenoxy) is 1. The number of hydrogen-bond donors (Lipinski definition) is 2. The standard InChI is InChI=1S/C12H17NO2/c1-15-8-11-5-10(7-13-11)9-3-2-4-12(14)6-9/h2-4,6,10-11,13-14H,5,7-8H2,1H3. The molecule has 0 amide bonds. The van der Waals surface area contributed by atoms with Gasteiger partial charge in [0, 0.05) is 19.7 Å². The van der Waals surface area contributed by atoms with Crippen LogP contribution in [0, 0.1) is 0 Å². The predicted molar refractivity (Wildman–Crippen MR) is 59.1 cm³/mol. The third-order valence-electron chi connectivity index (χ3n) is 2.93. The highest BCUT2D eigenvalue weighted by molar-refractivity contribution is 5.30. The van der Waals surface area contributed by atoms with Gasteiger partial charge in [-0.2, -0.15) is 0 Å². The zero-order chi connectivity index (χ0) is 10.7. The van der Waals surface area contributed by atoms with Crippen molar-refractivity contribution in [3.63, 3.8) is 0 Å². The van der Waals surface area contributed by atoms with Crippen LogP contribution in [0.4, 0.5) is 0 Å². The highest BCUT2D eigenvalue weighted by atomic mass is 16.5. The molecule has 2 unspecified atom stereocenters. The largest absolute Gasteiger partial charge is 0.508 e. The van der Waals surface area contributed by atoms with Crippen molar-refractivity contribution < 1.29 is 9.84 Å². The van der Waals surface area contributed by atoms with Gasteiger partial charge < -0.3 is 15.2 Å². The van der Waals surface area contributed by atoms with Gasteiger partial charge in [-0.05, 0) is 30.0 Å². The molecule has 0 saturated carbocycles. The summed E-state index contributed by atoms with van der Waals surface area (Å²) in [6.07, 6.45) is 1.08. The molecule has 3 heteroatoms. The van der Waals surface area contributed by atoms with Gasteiger partial charge in [0.15, 0.2) is 0 Å². The monoisotopic (exact) mass is 207 g/mol. The molecular weight excluding hydrogens is 190 g/mol. The first-order valence-electron chi connectivity index (χ1n) is 5.31. The Morgan fingerprint density at radius 3 is 3.13 bits per heavy atom. The van der Waals surface area contributed by atoms with Gasteiger partial charge in [0.1, 0.15) is 5.75 Å². The first kappa shape index (κ1) is 10.5. The van der Waals surface area contributed by atoms with E-state index in [4.69, 9.17) is 4.74 Å². The fraction of sp³-hybridized carbons (Fsp3) is 0.500. The van der Waals surface area contributed by atoms with Crippen molar-refractivity contribution in [2.75, 3.05) is 20.3 Å². The van der Waals surface area contributed by atoms with Crippen LogP contribution in [-0.2, 0) is 4.74 Å². The van der Waals surface area contributed by atoms with Gasteiger partial charge in [0.05, 0.1) is 6.61 Å². The maximum Gasteiger partial charge on any atom is 0.115 e. The summed E-state index contributed by atoms with van der Waals surface area (Å²) in [6, 6.07) is 7.97. The first-order chi connectivity index (χ1) is 7.29. The number of hydrogen-bond acceptors (Lipinski definition) is 3. The molecule has 0 bridgehead atoms. The Morgan fingerprint density at radius 2 is 2.40 bits per heavy atom. The summed E-state index contributed by atoms with van der Waals surface area (Å²) in [7, 11) is 1.73. The lowest BCUT2D eigenvalue weighted by Gasteiger charge is -2.10. The number of nitrogens with one attached hydrogen (secondary N) is 1. The first-order valence-corrected chi connectivity index (χ1v) is 5.31. The SMILES string of the molecule is COCC1CC(c2cccc(O)c2)CN1. The van der Waals surface area contributed by atoms with Crippen LogP contribution >= 0.6 is 0 Å². The van der Waals surface area contributed by atoms with E-state index in [0.717, 1.165) is 19.6 Å². The minimum Gasteiger partial charge on any atom is -0.508 e. The maximum absolute atomic E-state index is 9.40. The van der Waals surface area contributed by atoms with Gasteiger partial charge >= 0.3 is 0 Å². The van der Waals surface area contributed by atoms with Crippen LogP contribution in [0.2, 0.25) is 0 Å². The van der Waals surface area contributed by atoms with Crippen molar-refractivity contribution in [3.05, 3.63) is 29.8 Å². The molecule has 1 heterocycles. The van der Waals surface area contributed by atoms with Gasteiger partial charge in [0.2, 0.25) is 0 Å². The summed E-state index contributed by atoms with van der Waals surface area (Å²) in [5.74, 6) is 0.847. The summed E-state index contributed by atoms with van der Waals surface area (Å²) in [5, 5.41) is 12.8. The summed E-state index contributed by atoms with van der Waals surface area (Å²) >= 11 is 0. The lowest BCUT2D eigenvalue weighted by Crippen LogP contribution is -2.25. The number of rotatable bonds is 3. The number of phenolic OH excluding ortho intramolecular Hbond substituents is 1. The smallest absolute Gasteiger partial charge is 0.115 e. The third kappa shape index (κ3) is 2.49. The van der Waals surface area contributed by atoms with E-state index in [1.165, 1.54) is 5.56 Å². The molecule has 1 fully saturated rings. The summed E-state index contributed by atoms with van der Waals surface area (Å²) < 4.78 is 5.12. The molecule has 1 aliphatic rings. The zero-order valence-corrected chi connectivity index (χ0v) is 8.94. The van der Waals surface area contributed by atoms with Gasteiger partial charge in [-0.3, -0.25) is 0 Å². The summed E-state index contributed by atoms with van der Waals surface area (Å²) in [4.78, 5) is 0. The van der Waals surface area contributed by atoms with Crippen molar-refractivity contribution in [1.29, 1.82) is 0 Å². The Morgan fingerprint density at radius 1 is 1.53 bits per heavy atom. The van der Waals surface area contributed by atoms with Crippen LogP contribution in [0.1, 0.15) is 17.9 Å². The van der Waals surface area contributed by atoms with Gasteiger partial charge in [-0.25, -0.2) is 0 Å². The van der Waals surface area contributed by atoms with E-state index < -0.39 is 0 Å². The number of benzene rings is 1. The second-order valence-electron chi connectivity index (χ2n) is 4.09. The van der Waals surface area contributed by atoms with Crippen LogP contribution in [0.25, 0.3) is 0 Å². The molecule has 2 N–H and O–H groups in total. The fourth-order valence-electron chi connectivity index (χ4n) is 2.18. The highest BCUT2D eigenvalue weighted by Crippen LogP contribution is 2.27. The highest BCUT2D eigenvalue weighted by Gasteiger charge is 2.25. The van der Waals surface area contributed by atoms with E-state index >= 15 is 0 Å². The molecule has 0 aromatic heterocycles. The number of phenols is 1. The molecule has 82 valence electrons. The van der Waals surface area contributed by atoms with Crippen molar-refractivity contribution in [2.24, 2.45) is 0 Å². The van der Waals surface area contributed by atoms with E-state index in [9.17, 15) is 5.11 Å². The second kappa shape index (κ2) is 4.64. The lowest BCUT2D eigenvalue weighted by molar-refractivity contribution is 0.173. The molecular formula is C12H17NO2. The molecule has 3 nitrogen and oxygen atoms in total. The molecule has 0 aliphatic carbocycles. The minimum atomic E-state index is 0.350. The van der Waals surface area contributed by atoms with Crippen LogP contribution in [0.3, 0.4) is 0 Å². The molecule has 0 spiro atoms. The van der Waals surface area contributed by atoms with E-state index in [1.807, 2.05) is 12.1 Å². The normalized spacial score (nSPS) is 25.7. The third-order valence-corrected chi connectivity index (χ3v) is 2.93. The lowest BCUT2D eigenvalue weighted by atomic mass is 9.96. The van der Waals surface area contributed by atoms with Crippen molar-refractivity contribution in [2.45, 2.75) is 18.4 Å². The maximum atomic E-state index is 9.40. The van der Waals surface area contributed by atoms with Crippen molar-refractivity contribution >= 4 is 0 Å². The zero-order valence-electron chi connectivity index (χ0n) is 8.94. The Labute approximate surface area is 90.1 Å². The molecule has 2 atom stereocenters. The Balaban J connectivity index is 2.01. The van der Waals surface area contributed by atoms with E-state index in [1.54, 1.807) is 13.2 Å². The quantitative estimate of drug-likeness (QED) is 0.789. The molecule has 15 heavy (non-hydrogen) atoms. The molecule has 1 aromatic rings. The fourth-order valence-corrected chi connectivity index (χ4v) is 2.18. The van der Waals surface area contributed by atoms with E-state index in [2.05, 4.69) is 11.4 Å². The summed E-state index contributed by atoms with van der Waals surface area (Å²) in [6.45, 7) is 1.73. The number of aromatic hydroxyl groups is 1. The van der Waals surface area contributed by atoms with E-state index in [0.29, 0.717) is 17.7 Å². The average molecular weight is 207 g/mol. The molecule has 1 aliphatic heterocycles. The Kier molecular flexibility index (Phi) is 3.23. The molecule has 1 saturated heterocycles. The molecule has 1 aromatic carbocycles. The Hall–Kier alpha value is -1.06. The minimum absolute atomic E-state index is 0.350. The van der Waals surface area contributed by atoms with Gasteiger partial charge in [-0.15, -0.1) is 0 Å². The predicted octanol–water partition coefficient (Wildman–Crippen LogP) is 1.48. The van der Waals surface area contributed by atoms with Crippen LogP contribution in [-0.4, -0.2) is 31.4 Å². The Bertz CT molecular complexity index is 327. The second-order valence-corrected chi connectivity index (χ2v) is 4.09. The van der Waals surface area contributed by atoms with Crippen LogP contribution in [0.15, 0.2) is 24.3 Å². The van der Waals surface area contributed by atoms with Crippen molar-refractivity contribution in [3.8, 4) is 5.75 Å². The number of methoxy groups -OCH3 is 1. The summed E-state index contributed by atoms with van der Waals surface area (Å²) in [5.41, 5.74) is 1.21. The van der Waals surface area contributed by atoms with E-state index in [-0.39, 0.29) is 0 Å². The topological polar surface area (TPSA) is 41.5 Å². The van der Waals surface area contributed by atoms with Crippen LogP contribution in [0.5, 0.6) is 5.75 Å². The average Bonchev–Trinajstić information content (AvgIpc) is 2.67. The van der Waals surface area contributed by atoms with Crippen molar-refractivity contribution in [1.82, 2.24) is 5.32 Å².